The van der Waals surface area contributed by atoms with E-state index in [1.165, 1.54) is 18.9 Å². The normalized spacial score (nSPS) is 21.9. The molecule has 1 atom stereocenters. The molecule has 1 aliphatic heterocycles. The zero-order valence-corrected chi connectivity index (χ0v) is 10.8. The largest absolute Gasteiger partial charge is 0.350 e. The van der Waals surface area contributed by atoms with Gasteiger partial charge in [0.25, 0.3) is 0 Å². The van der Waals surface area contributed by atoms with Crippen molar-refractivity contribution in [3.05, 3.63) is 24.1 Å². The predicted octanol–water partition coefficient (Wildman–Crippen LogP) is 3.36. The van der Waals surface area contributed by atoms with Gasteiger partial charge in [0.15, 0.2) is 11.6 Å². The molecule has 88 valence electrons. The highest BCUT2D eigenvalue weighted by Crippen LogP contribution is 2.25. The number of aromatic nitrogens is 1. The van der Waals surface area contributed by atoms with Gasteiger partial charge in [-0.1, -0.05) is 28.8 Å². The Balaban J connectivity index is 2.25. The molecule has 0 aliphatic carbocycles. The number of hydrogen-bond acceptors (Lipinski definition) is 2. The smallest absolute Gasteiger partial charge is 0.165 e. The van der Waals surface area contributed by atoms with Gasteiger partial charge in [-0.3, -0.25) is 0 Å². The molecule has 1 saturated heterocycles. The Bertz CT molecular complexity index is 346. The van der Waals surface area contributed by atoms with Gasteiger partial charge < -0.3 is 4.90 Å². The second-order valence-electron chi connectivity index (χ2n) is 4.16. The Kier molecular flexibility index (Phi) is 4.16. The Morgan fingerprint density at radius 3 is 3.06 bits per heavy atom. The first kappa shape index (κ1) is 11.8. The maximum atomic E-state index is 13.7. The van der Waals surface area contributed by atoms with Gasteiger partial charge in [0, 0.05) is 24.1 Å². The van der Waals surface area contributed by atoms with Crippen molar-refractivity contribution in [2.75, 3.05) is 16.8 Å². The molecule has 0 spiro atoms. The molecule has 1 unspecified atom stereocenters. The van der Waals surface area contributed by atoms with E-state index in [9.17, 15) is 4.39 Å². The number of rotatable bonds is 2. The molecule has 0 aromatic carbocycles. The molecule has 2 nitrogen and oxygen atoms in total. The van der Waals surface area contributed by atoms with Crippen molar-refractivity contribution in [1.82, 2.24) is 4.98 Å². The van der Waals surface area contributed by atoms with Crippen molar-refractivity contribution in [3.63, 3.8) is 0 Å². The van der Waals surface area contributed by atoms with E-state index in [1.807, 2.05) is 0 Å². The first-order valence-electron chi connectivity index (χ1n) is 5.76. The minimum atomic E-state index is -0.213. The third-order valence-electron chi connectivity index (χ3n) is 3.07. The molecule has 2 heterocycles. The molecule has 0 bridgehead atoms. The first-order valence-corrected chi connectivity index (χ1v) is 6.88. The van der Waals surface area contributed by atoms with Crippen LogP contribution in [0.3, 0.4) is 0 Å². The number of halogens is 2. The number of anilines is 1. The molecule has 4 heteroatoms. The third kappa shape index (κ3) is 2.54. The lowest BCUT2D eigenvalue weighted by atomic mass is 10.1. The monoisotopic (exact) mass is 286 g/mol. The Morgan fingerprint density at radius 2 is 2.31 bits per heavy atom. The van der Waals surface area contributed by atoms with E-state index < -0.39 is 0 Å². The molecule has 1 fully saturated rings. The summed E-state index contributed by atoms with van der Waals surface area (Å²) < 4.78 is 13.7. The zero-order chi connectivity index (χ0) is 11.4. The van der Waals surface area contributed by atoms with Crippen LogP contribution in [0, 0.1) is 5.82 Å². The van der Waals surface area contributed by atoms with Gasteiger partial charge in [0.1, 0.15) is 0 Å². The lowest BCUT2D eigenvalue weighted by Crippen LogP contribution is -2.37. The molecule has 0 saturated carbocycles. The van der Waals surface area contributed by atoms with Gasteiger partial charge in [0.05, 0.1) is 0 Å². The Hall–Kier alpha value is -0.640. The average molecular weight is 287 g/mol. The van der Waals surface area contributed by atoms with Gasteiger partial charge in [0.2, 0.25) is 0 Å². The minimum absolute atomic E-state index is 0.213. The summed E-state index contributed by atoms with van der Waals surface area (Å²) >= 11 is 3.52. The highest BCUT2D eigenvalue weighted by Gasteiger charge is 2.23. The summed E-state index contributed by atoms with van der Waals surface area (Å²) in [6, 6.07) is 3.49. The minimum Gasteiger partial charge on any atom is -0.350 e. The molecular weight excluding hydrogens is 271 g/mol. The van der Waals surface area contributed by atoms with Gasteiger partial charge in [-0.05, 0) is 25.0 Å². The molecule has 2 rings (SSSR count). The van der Waals surface area contributed by atoms with Crippen molar-refractivity contribution in [1.29, 1.82) is 0 Å². The zero-order valence-electron chi connectivity index (χ0n) is 9.20. The van der Waals surface area contributed by atoms with Crippen molar-refractivity contribution < 1.29 is 4.39 Å². The van der Waals surface area contributed by atoms with Crippen molar-refractivity contribution in [2.45, 2.75) is 31.7 Å². The molecule has 1 aromatic rings. The number of nitrogens with zero attached hydrogens (tertiary/aromatic N) is 2. The van der Waals surface area contributed by atoms with E-state index >= 15 is 0 Å². The van der Waals surface area contributed by atoms with E-state index in [2.05, 4.69) is 25.8 Å². The fourth-order valence-corrected chi connectivity index (χ4v) is 2.88. The maximum absolute atomic E-state index is 13.7. The van der Waals surface area contributed by atoms with Crippen LogP contribution in [0.2, 0.25) is 0 Å². The molecule has 0 N–H and O–H groups in total. The fourth-order valence-electron chi connectivity index (χ4n) is 2.21. The standard InChI is InChI=1S/C12H16BrFN2/c13-9-10-5-2-1-3-8-16(10)12-11(14)6-4-7-15-12/h4,6-7,10H,1-3,5,8-9H2. The summed E-state index contributed by atoms with van der Waals surface area (Å²) in [5.41, 5.74) is 0. The molecular formula is C12H16BrFN2. The van der Waals surface area contributed by atoms with Crippen molar-refractivity contribution in [2.24, 2.45) is 0 Å². The van der Waals surface area contributed by atoms with Crippen LogP contribution in [0.15, 0.2) is 18.3 Å². The second-order valence-corrected chi connectivity index (χ2v) is 4.81. The number of pyridine rings is 1. The summed E-state index contributed by atoms with van der Waals surface area (Å²) in [4.78, 5) is 6.28. The lowest BCUT2D eigenvalue weighted by Gasteiger charge is -2.29. The topological polar surface area (TPSA) is 16.1 Å². The van der Waals surface area contributed by atoms with Crippen LogP contribution in [-0.2, 0) is 0 Å². The number of hydrogen-bond donors (Lipinski definition) is 0. The second kappa shape index (κ2) is 5.62. The Labute approximate surface area is 104 Å². The van der Waals surface area contributed by atoms with E-state index in [-0.39, 0.29) is 5.82 Å². The first-order chi connectivity index (χ1) is 7.83. The summed E-state index contributed by atoms with van der Waals surface area (Å²) in [5.74, 6) is 0.296. The summed E-state index contributed by atoms with van der Waals surface area (Å²) in [5, 5.41) is 0.878. The SMILES string of the molecule is Fc1cccnc1N1CCCCCC1CBr. The van der Waals surface area contributed by atoms with Gasteiger partial charge in [-0.2, -0.15) is 0 Å². The van der Waals surface area contributed by atoms with Gasteiger partial charge in [-0.15, -0.1) is 0 Å². The van der Waals surface area contributed by atoms with E-state index in [0.29, 0.717) is 11.9 Å². The highest BCUT2D eigenvalue weighted by molar-refractivity contribution is 9.09. The maximum Gasteiger partial charge on any atom is 0.165 e. The fraction of sp³-hybridized carbons (Fsp3) is 0.583. The third-order valence-corrected chi connectivity index (χ3v) is 3.81. The van der Waals surface area contributed by atoms with Crippen molar-refractivity contribution >= 4 is 21.7 Å². The van der Waals surface area contributed by atoms with Crippen LogP contribution in [0.5, 0.6) is 0 Å². The van der Waals surface area contributed by atoms with Crippen LogP contribution in [0.4, 0.5) is 10.2 Å². The quantitative estimate of drug-likeness (QED) is 0.775. The van der Waals surface area contributed by atoms with E-state index in [4.69, 9.17) is 0 Å². The van der Waals surface area contributed by atoms with E-state index in [0.717, 1.165) is 24.7 Å². The van der Waals surface area contributed by atoms with E-state index in [1.54, 1.807) is 12.3 Å². The van der Waals surface area contributed by atoms with Crippen LogP contribution >= 0.6 is 15.9 Å². The summed E-state index contributed by atoms with van der Waals surface area (Å²) in [6.07, 6.45) is 6.35. The molecule has 0 amide bonds. The summed E-state index contributed by atoms with van der Waals surface area (Å²) in [6.45, 7) is 0.907. The molecule has 0 radical (unpaired) electrons. The van der Waals surface area contributed by atoms with Crippen LogP contribution < -0.4 is 4.90 Å². The van der Waals surface area contributed by atoms with Crippen LogP contribution in [0.25, 0.3) is 0 Å². The predicted molar refractivity (Wildman–Crippen MR) is 67.6 cm³/mol. The summed E-state index contributed by atoms with van der Waals surface area (Å²) in [7, 11) is 0. The Morgan fingerprint density at radius 1 is 1.44 bits per heavy atom. The van der Waals surface area contributed by atoms with Crippen LogP contribution in [0.1, 0.15) is 25.7 Å². The lowest BCUT2D eigenvalue weighted by molar-refractivity contribution is 0.577. The highest BCUT2D eigenvalue weighted by atomic mass is 79.9. The molecule has 1 aromatic heterocycles. The molecule has 1 aliphatic rings. The molecule has 16 heavy (non-hydrogen) atoms. The van der Waals surface area contributed by atoms with Crippen LogP contribution in [-0.4, -0.2) is 22.9 Å². The average Bonchev–Trinajstić information content (AvgIpc) is 2.54. The van der Waals surface area contributed by atoms with Gasteiger partial charge >= 0.3 is 0 Å². The van der Waals surface area contributed by atoms with Crippen molar-refractivity contribution in [3.8, 4) is 0 Å². The number of alkyl halides is 1. The van der Waals surface area contributed by atoms with Gasteiger partial charge in [-0.25, -0.2) is 9.37 Å².